The molecule has 26 heavy (non-hydrogen) atoms. The van der Waals surface area contributed by atoms with Gasteiger partial charge < -0.3 is 0 Å². The second-order valence-electron chi connectivity index (χ2n) is 8.12. The second kappa shape index (κ2) is 5.99. The lowest BCUT2D eigenvalue weighted by Crippen LogP contribution is -2.22. The Hall–Kier alpha value is -2.60. The summed E-state index contributed by atoms with van der Waals surface area (Å²) in [5.41, 5.74) is 6.84. The Kier molecular flexibility index (Phi) is 3.88. The van der Waals surface area contributed by atoms with E-state index in [2.05, 4.69) is 101 Å². The summed E-state index contributed by atoms with van der Waals surface area (Å²) >= 11 is 0. The molecule has 0 heterocycles. The molecule has 0 fully saturated rings. The number of hydrogen-bond donors (Lipinski definition) is 0. The van der Waals surface area contributed by atoms with Crippen LogP contribution in [0.3, 0.4) is 0 Å². The topological polar surface area (TPSA) is 0 Å². The Bertz CT molecular complexity index is 1130. The highest BCUT2D eigenvalue weighted by molar-refractivity contribution is 6.00. The van der Waals surface area contributed by atoms with E-state index in [0.717, 1.165) is 0 Å². The predicted molar refractivity (Wildman–Crippen MR) is 114 cm³/mol. The molecule has 0 amide bonds. The first-order chi connectivity index (χ1) is 12.4. The molecule has 0 aliphatic heterocycles. The van der Waals surface area contributed by atoms with E-state index in [-0.39, 0.29) is 5.41 Å². The Labute approximate surface area is 156 Å². The van der Waals surface area contributed by atoms with Crippen molar-refractivity contribution in [2.24, 2.45) is 0 Å². The minimum Gasteiger partial charge on any atom is -0.0616 e. The van der Waals surface area contributed by atoms with Crippen LogP contribution in [0, 0.1) is 20.8 Å². The van der Waals surface area contributed by atoms with Gasteiger partial charge in [0.25, 0.3) is 0 Å². The molecule has 0 bridgehead atoms. The molecule has 0 nitrogen and oxygen atoms in total. The van der Waals surface area contributed by atoms with Crippen molar-refractivity contribution in [3.05, 3.63) is 94.5 Å². The van der Waals surface area contributed by atoms with Gasteiger partial charge in [-0.15, -0.1) is 0 Å². The summed E-state index contributed by atoms with van der Waals surface area (Å²) in [6.07, 6.45) is 0. The smallest absolute Gasteiger partial charge is 0.0158 e. The zero-order chi connectivity index (χ0) is 18.5. The van der Waals surface area contributed by atoms with Crippen molar-refractivity contribution in [1.82, 2.24) is 0 Å². The zero-order valence-corrected chi connectivity index (χ0v) is 16.4. The van der Waals surface area contributed by atoms with Crippen LogP contribution in [0.5, 0.6) is 0 Å². The zero-order valence-electron chi connectivity index (χ0n) is 16.4. The highest BCUT2D eigenvalue weighted by Gasteiger charge is 2.28. The van der Waals surface area contributed by atoms with Crippen LogP contribution < -0.4 is 0 Å². The van der Waals surface area contributed by atoms with E-state index in [1.165, 1.54) is 49.4 Å². The summed E-state index contributed by atoms with van der Waals surface area (Å²) < 4.78 is 0. The Morgan fingerprint density at radius 2 is 1.27 bits per heavy atom. The largest absolute Gasteiger partial charge is 0.0616 e. The van der Waals surface area contributed by atoms with Crippen LogP contribution in [-0.4, -0.2) is 0 Å². The van der Waals surface area contributed by atoms with Gasteiger partial charge in [0.15, 0.2) is 0 Å². The summed E-state index contributed by atoms with van der Waals surface area (Å²) in [4.78, 5) is 0. The Morgan fingerprint density at radius 1 is 0.615 bits per heavy atom. The summed E-state index contributed by atoms with van der Waals surface area (Å²) in [5, 5.41) is 5.31. The van der Waals surface area contributed by atoms with Crippen LogP contribution in [-0.2, 0) is 5.41 Å². The summed E-state index contributed by atoms with van der Waals surface area (Å²) in [5.74, 6) is 0. The molecule has 0 radical (unpaired) electrons. The molecule has 0 unspecified atom stereocenters. The average Bonchev–Trinajstić information content (AvgIpc) is 2.61. The molecule has 4 aromatic rings. The number of hydrogen-bond acceptors (Lipinski definition) is 0. The van der Waals surface area contributed by atoms with Crippen LogP contribution >= 0.6 is 0 Å². The average molecular weight is 338 g/mol. The van der Waals surface area contributed by atoms with E-state index in [0.29, 0.717) is 0 Å². The number of fused-ring (bicyclic) bond motifs is 2. The van der Waals surface area contributed by atoms with Crippen molar-refractivity contribution in [2.45, 2.75) is 40.0 Å². The monoisotopic (exact) mass is 338 g/mol. The maximum Gasteiger partial charge on any atom is 0.0158 e. The van der Waals surface area contributed by atoms with E-state index in [9.17, 15) is 0 Å². The van der Waals surface area contributed by atoms with E-state index < -0.39 is 0 Å². The molecule has 0 spiro atoms. The van der Waals surface area contributed by atoms with Crippen molar-refractivity contribution >= 4 is 21.5 Å². The minimum absolute atomic E-state index is 0.0534. The second-order valence-corrected chi connectivity index (χ2v) is 8.12. The number of benzene rings is 4. The molecular weight excluding hydrogens is 312 g/mol. The van der Waals surface area contributed by atoms with E-state index >= 15 is 0 Å². The van der Waals surface area contributed by atoms with Gasteiger partial charge in [-0.2, -0.15) is 0 Å². The van der Waals surface area contributed by atoms with Gasteiger partial charge in [0, 0.05) is 5.41 Å². The van der Waals surface area contributed by atoms with Crippen molar-refractivity contribution < 1.29 is 0 Å². The van der Waals surface area contributed by atoms with Gasteiger partial charge in [0.2, 0.25) is 0 Å². The number of aryl methyl sites for hydroxylation is 3. The quantitative estimate of drug-likeness (QED) is 0.338. The Balaban J connectivity index is 2.07. The van der Waals surface area contributed by atoms with Crippen molar-refractivity contribution in [1.29, 1.82) is 0 Å². The molecule has 4 rings (SSSR count). The number of rotatable bonds is 2. The van der Waals surface area contributed by atoms with Gasteiger partial charge in [-0.25, -0.2) is 0 Å². The van der Waals surface area contributed by atoms with Crippen molar-refractivity contribution in [3.63, 3.8) is 0 Å². The third-order valence-corrected chi connectivity index (χ3v) is 5.79. The van der Waals surface area contributed by atoms with E-state index in [4.69, 9.17) is 0 Å². The van der Waals surface area contributed by atoms with Crippen molar-refractivity contribution in [3.8, 4) is 0 Å². The molecule has 0 heteroatoms. The lowest BCUT2D eigenvalue weighted by molar-refractivity contribution is 0.637. The molecule has 0 aromatic heterocycles. The highest BCUT2D eigenvalue weighted by Crippen LogP contribution is 2.40. The first-order valence-electron chi connectivity index (χ1n) is 9.38. The van der Waals surface area contributed by atoms with Gasteiger partial charge in [0.1, 0.15) is 0 Å². The summed E-state index contributed by atoms with van der Waals surface area (Å²) in [6, 6.07) is 24.7. The summed E-state index contributed by atoms with van der Waals surface area (Å²) in [6.45, 7) is 11.4. The molecule has 0 aliphatic carbocycles. The fourth-order valence-corrected chi connectivity index (χ4v) is 4.50. The fraction of sp³-hybridized carbons (Fsp3) is 0.231. The highest BCUT2D eigenvalue weighted by atomic mass is 14.3. The molecule has 4 aromatic carbocycles. The van der Waals surface area contributed by atoms with Crippen LogP contribution in [0.1, 0.15) is 41.7 Å². The van der Waals surface area contributed by atoms with Crippen LogP contribution in [0.25, 0.3) is 21.5 Å². The molecule has 0 atom stereocenters. The molecule has 0 saturated carbocycles. The molecule has 0 aliphatic rings. The lowest BCUT2D eigenvalue weighted by atomic mass is 9.72. The van der Waals surface area contributed by atoms with Crippen LogP contribution in [0.4, 0.5) is 0 Å². The first-order valence-corrected chi connectivity index (χ1v) is 9.38. The Morgan fingerprint density at radius 3 is 2.00 bits per heavy atom. The fourth-order valence-electron chi connectivity index (χ4n) is 4.50. The minimum atomic E-state index is -0.0534. The molecule has 0 saturated heterocycles. The van der Waals surface area contributed by atoms with Crippen LogP contribution in [0.15, 0.2) is 66.7 Å². The van der Waals surface area contributed by atoms with Gasteiger partial charge in [-0.05, 0) is 76.7 Å². The predicted octanol–water partition coefficient (Wildman–Crippen LogP) is 7.24. The van der Waals surface area contributed by atoms with Gasteiger partial charge >= 0.3 is 0 Å². The maximum absolute atomic E-state index is 2.37. The third-order valence-electron chi connectivity index (χ3n) is 5.79. The van der Waals surface area contributed by atoms with Gasteiger partial charge in [0.05, 0.1) is 0 Å². The van der Waals surface area contributed by atoms with Gasteiger partial charge in [-0.1, -0.05) is 74.0 Å². The van der Waals surface area contributed by atoms with Crippen molar-refractivity contribution in [2.75, 3.05) is 0 Å². The summed E-state index contributed by atoms with van der Waals surface area (Å²) in [7, 11) is 0. The SMILES string of the molecule is Cc1ccc(C)c(C(C)(C)c2c(C)ccc3cc4ccccc4cc23)c1. The lowest BCUT2D eigenvalue weighted by Gasteiger charge is -2.31. The molecule has 0 N–H and O–H groups in total. The van der Waals surface area contributed by atoms with Crippen LogP contribution in [0.2, 0.25) is 0 Å². The first kappa shape index (κ1) is 16.8. The van der Waals surface area contributed by atoms with E-state index in [1.807, 2.05) is 0 Å². The maximum atomic E-state index is 2.37. The molecular formula is C26H26. The molecule has 130 valence electrons. The van der Waals surface area contributed by atoms with E-state index in [1.54, 1.807) is 0 Å². The standard InChI is InChI=1S/C26H26/c1-17-10-11-18(2)24(14-17)26(4,5)25-19(3)12-13-22-15-20-8-6-7-9-21(20)16-23(22)25/h6-16H,1-5H3. The van der Waals surface area contributed by atoms with Gasteiger partial charge in [-0.3, -0.25) is 0 Å². The third kappa shape index (κ3) is 2.61. The normalized spacial score (nSPS) is 12.0.